The number of hydrogen-bond donors (Lipinski definition) is 0. The van der Waals surface area contributed by atoms with E-state index in [-0.39, 0.29) is 0 Å². The molecule has 0 atom stereocenters. The molecule has 0 N–H and O–H groups in total. The predicted octanol–water partition coefficient (Wildman–Crippen LogP) is 4.39. The first kappa shape index (κ1) is 24.5. The van der Waals surface area contributed by atoms with Gasteiger partial charge < -0.3 is 9.90 Å². The number of carbonyl (C=O) groups excluding carboxylic acids is 1. The molecule has 0 amide bonds. The van der Waals surface area contributed by atoms with Gasteiger partial charge in [-0.1, -0.05) is 32.6 Å². The summed E-state index contributed by atoms with van der Waals surface area (Å²) in [5.41, 5.74) is -0.629. The highest BCUT2D eigenvalue weighted by Gasteiger charge is 2.25. The summed E-state index contributed by atoms with van der Waals surface area (Å²) in [4.78, 5) is 10.0. The van der Waals surface area contributed by atoms with E-state index >= 15 is 0 Å². The number of rotatable bonds is 8. The van der Waals surface area contributed by atoms with Crippen LogP contribution in [0.15, 0.2) is 24.5 Å². The largest absolute Gasteiger partial charge is 0.545 e. The molecule has 0 bridgehead atoms. The first-order valence-corrected chi connectivity index (χ1v) is 9.39. The predicted molar refractivity (Wildman–Crippen MR) is 95.3 cm³/mol. The smallest absolute Gasteiger partial charge is 0.200 e. The Morgan fingerprint density at radius 2 is 1.28 bits per heavy atom. The minimum atomic E-state index is -2.47. The van der Waals surface area contributed by atoms with Crippen LogP contribution >= 0.6 is 0 Å². The zero-order valence-corrected chi connectivity index (χ0v) is 16.4. The lowest BCUT2D eigenvalue weighted by Gasteiger charge is -2.07. The van der Waals surface area contributed by atoms with Crippen LogP contribution in [-0.4, -0.2) is 5.97 Å². The van der Waals surface area contributed by atoms with Crippen molar-refractivity contribution in [3.63, 3.8) is 0 Å². The van der Waals surface area contributed by atoms with Crippen LogP contribution < -0.4 is 9.67 Å². The Labute approximate surface area is 166 Å². The monoisotopic (exact) mass is 417 g/mol. The van der Waals surface area contributed by atoms with Crippen LogP contribution in [0.4, 0.5) is 22.0 Å². The zero-order valence-electron chi connectivity index (χ0n) is 16.4. The van der Waals surface area contributed by atoms with Gasteiger partial charge in [0.05, 0.1) is 11.5 Å². The summed E-state index contributed by atoms with van der Waals surface area (Å²) in [5.74, 6) is -14.4. The minimum Gasteiger partial charge on any atom is -0.545 e. The van der Waals surface area contributed by atoms with Crippen molar-refractivity contribution in [1.29, 1.82) is 0 Å². The maximum absolute atomic E-state index is 12.5. The number of benzene rings is 1. The number of unbranched alkanes of at least 4 members (excludes halogenated alkanes) is 5. The molecule has 8 heteroatoms. The number of carboxylic acids is 1. The van der Waals surface area contributed by atoms with Crippen molar-refractivity contribution in [3.8, 4) is 0 Å². The summed E-state index contributed by atoms with van der Waals surface area (Å²) in [6, 6.07) is 4.36. The van der Waals surface area contributed by atoms with E-state index in [1.54, 1.807) is 0 Å². The van der Waals surface area contributed by atoms with Crippen LogP contribution in [0.5, 0.6) is 0 Å². The van der Waals surface area contributed by atoms with Gasteiger partial charge in [0.25, 0.3) is 0 Å². The molecule has 1 heterocycles. The molecule has 0 unspecified atom stereocenters. The summed E-state index contributed by atoms with van der Waals surface area (Å²) in [6.45, 7) is 5.57. The first-order valence-electron chi connectivity index (χ1n) is 9.39. The van der Waals surface area contributed by atoms with Crippen molar-refractivity contribution >= 4 is 5.97 Å². The Morgan fingerprint density at radius 1 is 0.828 bits per heavy atom. The van der Waals surface area contributed by atoms with E-state index in [2.05, 4.69) is 42.9 Å². The van der Waals surface area contributed by atoms with Gasteiger partial charge >= 0.3 is 0 Å². The maximum atomic E-state index is 12.5. The van der Waals surface area contributed by atoms with Crippen molar-refractivity contribution in [1.82, 2.24) is 0 Å². The first-order chi connectivity index (χ1) is 13.7. The summed E-state index contributed by atoms with van der Waals surface area (Å²) in [5, 5.41) is 10.0. The highest BCUT2D eigenvalue weighted by Crippen LogP contribution is 2.22. The Hall–Kier alpha value is -2.51. The quantitative estimate of drug-likeness (QED) is 0.210. The van der Waals surface area contributed by atoms with Gasteiger partial charge in [-0.05, 0) is 18.9 Å². The molecule has 2 aromatic rings. The fourth-order valence-corrected chi connectivity index (χ4v) is 2.54. The van der Waals surface area contributed by atoms with Gasteiger partial charge in [0, 0.05) is 18.6 Å². The van der Waals surface area contributed by atoms with E-state index in [4.69, 9.17) is 0 Å². The SMILES string of the molecule is CCCCCCCC[n+]1ccc(C)cc1.O=C([O-])c1c(F)c(F)c(F)c(F)c1F. The summed E-state index contributed by atoms with van der Waals surface area (Å²) in [6.07, 6.45) is 12.6. The van der Waals surface area contributed by atoms with Gasteiger partial charge in [0.1, 0.15) is 6.54 Å². The second-order valence-corrected chi connectivity index (χ2v) is 6.61. The summed E-state index contributed by atoms with van der Waals surface area (Å²) in [7, 11) is 0. The van der Waals surface area contributed by atoms with Gasteiger partial charge in [-0.15, -0.1) is 0 Å². The second-order valence-electron chi connectivity index (χ2n) is 6.61. The number of aromatic nitrogens is 1. The number of carbonyl (C=O) groups is 1. The molecule has 0 spiro atoms. The molecule has 0 aliphatic carbocycles. The molecule has 0 fully saturated rings. The average Bonchev–Trinajstić information content (AvgIpc) is 2.69. The van der Waals surface area contributed by atoms with E-state index in [1.807, 2.05) is 0 Å². The number of halogens is 5. The summed E-state index contributed by atoms with van der Waals surface area (Å²) < 4.78 is 64.2. The maximum Gasteiger partial charge on any atom is 0.200 e. The zero-order chi connectivity index (χ0) is 22.0. The lowest BCUT2D eigenvalue weighted by molar-refractivity contribution is -0.697. The molecule has 160 valence electrons. The molecule has 3 nitrogen and oxygen atoms in total. The van der Waals surface area contributed by atoms with Crippen molar-refractivity contribution in [2.24, 2.45) is 0 Å². The molecule has 1 aromatic heterocycles. The third-order valence-electron chi connectivity index (χ3n) is 4.24. The molecule has 2 rings (SSSR count). The molecule has 1 aromatic carbocycles. The van der Waals surface area contributed by atoms with Crippen molar-refractivity contribution in [3.05, 3.63) is 64.7 Å². The van der Waals surface area contributed by atoms with Crippen molar-refractivity contribution < 1.29 is 36.4 Å². The van der Waals surface area contributed by atoms with Gasteiger partial charge in [0.15, 0.2) is 35.7 Å². The van der Waals surface area contributed by atoms with Crippen LogP contribution in [-0.2, 0) is 6.54 Å². The van der Waals surface area contributed by atoms with Crippen LogP contribution in [0.1, 0.15) is 61.4 Å². The van der Waals surface area contributed by atoms with E-state index in [0.29, 0.717) is 0 Å². The molecular formula is C21H24F5NO2. The number of aryl methyl sites for hydroxylation is 2. The minimum absolute atomic E-state index is 1.17. The Kier molecular flexibility index (Phi) is 10.3. The molecule has 29 heavy (non-hydrogen) atoms. The topological polar surface area (TPSA) is 44.0 Å². The number of hydrogen-bond acceptors (Lipinski definition) is 2. The van der Waals surface area contributed by atoms with E-state index in [9.17, 15) is 31.9 Å². The number of pyridine rings is 1. The second kappa shape index (κ2) is 12.1. The van der Waals surface area contributed by atoms with E-state index < -0.39 is 40.6 Å². The Bertz CT molecular complexity index is 781. The Morgan fingerprint density at radius 3 is 1.76 bits per heavy atom. The molecule has 0 aliphatic heterocycles. The van der Waals surface area contributed by atoms with Crippen LogP contribution in [0.3, 0.4) is 0 Å². The standard InChI is InChI=1S/C14H24N.C7HF5O2/c1-3-4-5-6-7-8-11-15-12-9-14(2)10-13-15;8-2-1(7(13)14)3(9)5(11)6(12)4(2)10/h9-10,12-13H,3-8,11H2,1-2H3;(H,13,14)/q+1;/p-1. The van der Waals surface area contributed by atoms with Gasteiger partial charge in [-0.3, -0.25) is 0 Å². The lowest BCUT2D eigenvalue weighted by Crippen LogP contribution is -2.32. The van der Waals surface area contributed by atoms with Crippen LogP contribution in [0.2, 0.25) is 0 Å². The highest BCUT2D eigenvalue weighted by atomic mass is 19.2. The Balaban J connectivity index is 0.000000291. The molecular weight excluding hydrogens is 393 g/mol. The third kappa shape index (κ3) is 7.44. The highest BCUT2D eigenvalue weighted by molar-refractivity contribution is 5.86. The summed E-state index contributed by atoms with van der Waals surface area (Å²) >= 11 is 0. The molecule has 0 saturated heterocycles. The van der Waals surface area contributed by atoms with E-state index in [1.165, 1.54) is 50.6 Å². The molecule has 0 saturated carbocycles. The van der Waals surface area contributed by atoms with Gasteiger partial charge in [-0.25, -0.2) is 26.5 Å². The lowest BCUT2D eigenvalue weighted by atomic mass is 10.1. The van der Waals surface area contributed by atoms with Gasteiger partial charge in [-0.2, -0.15) is 0 Å². The van der Waals surface area contributed by atoms with Crippen molar-refractivity contribution in [2.45, 2.75) is 58.9 Å². The van der Waals surface area contributed by atoms with E-state index in [0.717, 1.165) is 0 Å². The third-order valence-corrected chi connectivity index (χ3v) is 4.24. The number of nitrogens with zero attached hydrogens (tertiary/aromatic N) is 1. The molecule has 0 radical (unpaired) electrons. The van der Waals surface area contributed by atoms with Crippen LogP contribution in [0.25, 0.3) is 0 Å². The fourth-order valence-electron chi connectivity index (χ4n) is 2.54. The fraction of sp³-hybridized carbons (Fsp3) is 0.429. The number of carboxylic acid groups (broad SMARTS) is 1. The molecule has 0 aliphatic rings. The van der Waals surface area contributed by atoms with Crippen molar-refractivity contribution in [2.75, 3.05) is 0 Å². The van der Waals surface area contributed by atoms with Crippen LogP contribution in [0, 0.1) is 36.0 Å². The number of aromatic carboxylic acids is 1. The average molecular weight is 417 g/mol. The van der Waals surface area contributed by atoms with Gasteiger partial charge in [0.2, 0.25) is 5.82 Å². The normalized spacial score (nSPS) is 10.4.